The smallest absolute Gasteiger partial charge is 0.267 e. The van der Waals surface area contributed by atoms with E-state index in [0.29, 0.717) is 17.7 Å². The number of carbonyl (C=O) groups excluding carboxylic acids is 2. The molecule has 0 aliphatic carbocycles. The summed E-state index contributed by atoms with van der Waals surface area (Å²) in [5.74, 6) is -4.20. The number of amides is 2. The van der Waals surface area contributed by atoms with E-state index in [0.717, 1.165) is 6.07 Å². The Morgan fingerprint density at radius 2 is 1.97 bits per heavy atom. The number of pyridine rings is 1. The third kappa shape index (κ3) is 4.66. The van der Waals surface area contributed by atoms with E-state index < -0.39 is 35.5 Å². The largest absolute Gasteiger partial charge is 0.493 e. The van der Waals surface area contributed by atoms with Crippen molar-refractivity contribution in [3.63, 3.8) is 0 Å². The molecule has 166 valence electrons. The molecule has 1 aromatic heterocycles. The fourth-order valence-electron chi connectivity index (χ4n) is 3.68. The number of carbonyl (C=O) groups is 2. The highest BCUT2D eigenvalue weighted by atomic mass is 19.2. The number of nitrogens with one attached hydrogen (secondary N) is 1. The van der Waals surface area contributed by atoms with Gasteiger partial charge in [-0.1, -0.05) is 26.8 Å². The second-order valence-corrected chi connectivity index (χ2v) is 8.52. The summed E-state index contributed by atoms with van der Waals surface area (Å²) in [4.78, 5) is 28.3. The van der Waals surface area contributed by atoms with Gasteiger partial charge in [0.1, 0.15) is 11.8 Å². The molecular weight excluding hydrogens is 408 g/mol. The van der Waals surface area contributed by atoms with Crippen LogP contribution in [0.2, 0.25) is 0 Å². The van der Waals surface area contributed by atoms with E-state index >= 15 is 0 Å². The van der Waals surface area contributed by atoms with Crippen LogP contribution in [-0.4, -0.2) is 36.1 Å². The van der Waals surface area contributed by atoms with Gasteiger partial charge < -0.3 is 20.5 Å². The number of rotatable bonds is 5. The van der Waals surface area contributed by atoms with E-state index in [4.69, 9.17) is 15.2 Å². The van der Waals surface area contributed by atoms with Gasteiger partial charge in [-0.25, -0.2) is 4.39 Å². The van der Waals surface area contributed by atoms with Crippen LogP contribution in [0.5, 0.6) is 5.75 Å². The minimum atomic E-state index is -1.11. The summed E-state index contributed by atoms with van der Waals surface area (Å²) >= 11 is 0. The maximum atomic E-state index is 14.4. The third-order valence-electron chi connectivity index (χ3n) is 5.33. The number of nitrogens with two attached hydrogens (primary N) is 1. The quantitative estimate of drug-likeness (QED) is 0.752. The number of halogens is 2. The standard InChI is InChI=1S/C22H25F2N3O4/c1-22(2,3)16-10-13(12-5-6-14(23)17(24)18(12)30-4)19(31-16)21(29)27-11-7-8-26-15(9-11)20(25)28/h5-9,13,16,19H,10H2,1-4H3,(H2,25,28)(H,26,27,29)/t13-,16+,19+/m1/s1. The van der Waals surface area contributed by atoms with Crippen LogP contribution in [-0.2, 0) is 9.53 Å². The number of anilines is 1. The summed E-state index contributed by atoms with van der Waals surface area (Å²) in [6, 6.07) is 5.28. The molecule has 1 aromatic carbocycles. The highest BCUT2D eigenvalue weighted by molar-refractivity contribution is 5.97. The average molecular weight is 433 g/mol. The summed E-state index contributed by atoms with van der Waals surface area (Å²) in [6.45, 7) is 5.92. The zero-order valence-corrected chi connectivity index (χ0v) is 17.7. The molecule has 0 unspecified atom stereocenters. The zero-order valence-electron chi connectivity index (χ0n) is 17.7. The molecule has 1 aliphatic heterocycles. The fraction of sp³-hybridized carbons (Fsp3) is 0.409. The Morgan fingerprint density at radius 3 is 2.58 bits per heavy atom. The summed E-state index contributed by atoms with van der Waals surface area (Å²) in [5.41, 5.74) is 5.60. The van der Waals surface area contributed by atoms with Crippen LogP contribution in [0, 0.1) is 17.0 Å². The third-order valence-corrected chi connectivity index (χ3v) is 5.33. The second kappa shape index (κ2) is 8.58. The first kappa shape index (κ1) is 22.6. The van der Waals surface area contributed by atoms with Crippen molar-refractivity contribution in [2.45, 2.75) is 45.3 Å². The van der Waals surface area contributed by atoms with Crippen LogP contribution >= 0.6 is 0 Å². The van der Waals surface area contributed by atoms with Gasteiger partial charge in [-0.15, -0.1) is 0 Å². The van der Waals surface area contributed by atoms with Crippen molar-refractivity contribution < 1.29 is 27.8 Å². The minimum absolute atomic E-state index is 0.00321. The molecule has 3 N–H and O–H groups in total. The number of nitrogens with zero attached hydrogens (tertiary/aromatic N) is 1. The molecule has 9 heteroatoms. The van der Waals surface area contributed by atoms with Gasteiger partial charge in [0.25, 0.3) is 11.8 Å². The molecule has 0 radical (unpaired) electrons. The lowest BCUT2D eigenvalue weighted by molar-refractivity contribution is -0.129. The van der Waals surface area contributed by atoms with Crippen molar-refractivity contribution in [2.24, 2.45) is 11.1 Å². The monoisotopic (exact) mass is 433 g/mol. The van der Waals surface area contributed by atoms with E-state index in [1.807, 2.05) is 20.8 Å². The van der Waals surface area contributed by atoms with Crippen molar-refractivity contribution >= 4 is 17.5 Å². The number of hydrogen-bond donors (Lipinski definition) is 2. The Kier molecular flexibility index (Phi) is 6.26. The molecule has 1 fully saturated rings. The predicted molar refractivity (Wildman–Crippen MR) is 110 cm³/mol. The number of primary amides is 1. The molecule has 31 heavy (non-hydrogen) atoms. The summed E-state index contributed by atoms with van der Waals surface area (Å²) < 4.78 is 39.3. The van der Waals surface area contributed by atoms with Crippen LogP contribution in [0.25, 0.3) is 0 Å². The Morgan fingerprint density at radius 1 is 1.26 bits per heavy atom. The Balaban J connectivity index is 1.96. The Hall–Kier alpha value is -3.07. The van der Waals surface area contributed by atoms with Gasteiger partial charge in [-0.05, 0) is 30.0 Å². The molecule has 2 aromatic rings. The topological polar surface area (TPSA) is 104 Å². The lowest BCUT2D eigenvalue weighted by atomic mass is 9.82. The normalized spacial score (nSPS) is 21.0. The minimum Gasteiger partial charge on any atom is -0.493 e. The molecular formula is C22H25F2N3O4. The van der Waals surface area contributed by atoms with Crippen LogP contribution in [0.4, 0.5) is 14.5 Å². The molecule has 7 nitrogen and oxygen atoms in total. The molecule has 0 saturated carbocycles. The molecule has 0 bridgehead atoms. The first-order valence-electron chi connectivity index (χ1n) is 9.77. The number of hydrogen-bond acceptors (Lipinski definition) is 5. The number of aromatic nitrogens is 1. The Labute approximate surface area is 178 Å². The van der Waals surface area contributed by atoms with E-state index in [1.165, 1.54) is 31.5 Å². The van der Waals surface area contributed by atoms with Gasteiger partial charge in [-0.3, -0.25) is 14.6 Å². The van der Waals surface area contributed by atoms with Gasteiger partial charge in [-0.2, -0.15) is 4.39 Å². The first-order chi connectivity index (χ1) is 14.5. The molecule has 2 heterocycles. The maximum Gasteiger partial charge on any atom is 0.267 e. The van der Waals surface area contributed by atoms with Crippen molar-refractivity contribution in [3.8, 4) is 5.75 Å². The van der Waals surface area contributed by atoms with Crippen molar-refractivity contribution in [2.75, 3.05) is 12.4 Å². The van der Waals surface area contributed by atoms with Gasteiger partial charge >= 0.3 is 0 Å². The number of methoxy groups -OCH3 is 1. The van der Waals surface area contributed by atoms with Crippen LogP contribution in [0.3, 0.4) is 0 Å². The summed E-state index contributed by atoms with van der Waals surface area (Å²) in [7, 11) is 1.25. The lowest BCUT2D eigenvalue weighted by Crippen LogP contribution is -2.34. The number of benzene rings is 1. The molecule has 2 amide bonds. The maximum absolute atomic E-state index is 14.4. The van der Waals surface area contributed by atoms with E-state index in [-0.39, 0.29) is 23.0 Å². The molecule has 3 rings (SSSR count). The molecule has 3 atom stereocenters. The van der Waals surface area contributed by atoms with Crippen molar-refractivity contribution in [1.82, 2.24) is 4.98 Å². The van der Waals surface area contributed by atoms with Crippen molar-refractivity contribution in [3.05, 3.63) is 53.4 Å². The van der Waals surface area contributed by atoms with E-state index in [1.54, 1.807) is 0 Å². The summed E-state index contributed by atoms with van der Waals surface area (Å²) in [6.07, 6.45) is 0.447. The predicted octanol–water partition coefficient (Wildman–Crippen LogP) is 3.39. The highest BCUT2D eigenvalue weighted by Gasteiger charge is 2.46. The number of ether oxygens (including phenoxy) is 2. The van der Waals surface area contributed by atoms with Gasteiger partial charge in [0.15, 0.2) is 11.6 Å². The molecule has 1 saturated heterocycles. The second-order valence-electron chi connectivity index (χ2n) is 8.52. The zero-order chi connectivity index (χ0) is 22.9. The average Bonchev–Trinajstić information content (AvgIpc) is 3.16. The first-order valence-corrected chi connectivity index (χ1v) is 9.77. The Bertz CT molecular complexity index is 1010. The molecule has 1 aliphatic rings. The van der Waals surface area contributed by atoms with Gasteiger partial charge in [0.05, 0.1) is 13.2 Å². The van der Waals surface area contributed by atoms with Gasteiger partial charge in [0, 0.05) is 23.4 Å². The fourth-order valence-corrected chi connectivity index (χ4v) is 3.68. The lowest BCUT2D eigenvalue weighted by Gasteiger charge is -2.26. The van der Waals surface area contributed by atoms with Crippen LogP contribution in [0.15, 0.2) is 30.5 Å². The highest BCUT2D eigenvalue weighted by Crippen LogP contribution is 2.45. The van der Waals surface area contributed by atoms with Crippen molar-refractivity contribution in [1.29, 1.82) is 0 Å². The SMILES string of the molecule is COc1c([C@H]2C[C@@H](C(C)(C)C)O[C@@H]2C(=O)Nc2ccnc(C(N)=O)c2)ccc(F)c1F. The van der Waals surface area contributed by atoms with Crippen LogP contribution < -0.4 is 15.8 Å². The molecule has 0 spiro atoms. The van der Waals surface area contributed by atoms with E-state index in [9.17, 15) is 18.4 Å². The van der Waals surface area contributed by atoms with Crippen LogP contribution in [0.1, 0.15) is 49.2 Å². The van der Waals surface area contributed by atoms with E-state index in [2.05, 4.69) is 10.3 Å². The summed E-state index contributed by atoms with van der Waals surface area (Å²) in [5, 5.41) is 2.69. The van der Waals surface area contributed by atoms with Gasteiger partial charge in [0.2, 0.25) is 5.82 Å².